The summed E-state index contributed by atoms with van der Waals surface area (Å²) in [4.78, 5) is 4.58. The average molecular weight is 313 g/mol. The molecule has 0 spiro atoms. The number of allylic oxidation sites excluding steroid dienone is 1. The third-order valence-electron chi connectivity index (χ3n) is 5.05. The van der Waals surface area contributed by atoms with Crippen LogP contribution in [-0.2, 0) is 4.74 Å². The van der Waals surface area contributed by atoms with Crippen LogP contribution >= 0.6 is 0 Å². The van der Waals surface area contributed by atoms with Crippen molar-refractivity contribution in [3.63, 3.8) is 0 Å². The molecule has 1 aromatic rings. The van der Waals surface area contributed by atoms with Gasteiger partial charge in [0.15, 0.2) is 0 Å². The lowest BCUT2D eigenvalue weighted by molar-refractivity contribution is 0.140. The maximum absolute atomic E-state index is 6.12. The van der Waals surface area contributed by atoms with Gasteiger partial charge < -0.3 is 20.5 Å². The van der Waals surface area contributed by atoms with E-state index in [0.717, 1.165) is 42.0 Å². The van der Waals surface area contributed by atoms with Gasteiger partial charge in [0.2, 0.25) is 5.88 Å². The predicted octanol–water partition coefficient (Wildman–Crippen LogP) is 3.05. The number of anilines is 1. The van der Waals surface area contributed by atoms with Gasteiger partial charge in [-0.05, 0) is 50.2 Å². The van der Waals surface area contributed by atoms with Gasteiger partial charge in [-0.15, -0.1) is 0 Å². The van der Waals surface area contributed by atoms with E-state index in [1.54, 1.807) is 7.11 Å². The molecule has 1 aliphatic carbocycles. The number of fused-ring (bicyclic) bond motifs is 3. The minimum absolute atomic E-state index is 0.135. The maximum Gasteiger partial charge on any atom is 0.213 e. The lowest BCUT2D eigenvalue weighted by atomic mass is 9.83. The molecule has 1 unspecified atom stereocenters. The lowest BCUT2D eigenvalue weighted by Gasteiger charge is -2.27. The third-order valence-corrected chi connectivity index (χ3v) is 5.05. The highest BCUT2D eigenvalue weighted by Crippen LogP contribution is 2.41. The highest BCUT2D eigenvalue weighted by molar-refractivity contribution is 5.87. The Labute approximate surface area is 136 Å². The van der Waals surface area contributed by atoms with Crippen LogP contribution in [0.3, 0.4) is 0 Å². The Balaban J connectivity index is 1.52. The molecule has 0 bridgehead atoms. The van der Waals surface area contributed by atoms with Crippen LogP contribution in [0, 0.1) is 5.92 Å². The van der Waals surface area contributed by atoms with E-state index in [2.05, 4.69) is 16.4 Å². The van der Waals surface area contributed by atoms with Crippen LogP contribution in [0.5, 0.6) is 5.88 Å². The molecule has 5 heteroatoms. The molecule has 5 nitrogen and oxygen atoms in total. The molecule has 1 fully saturated rings. The van der Waals surface area contributed by atoms with Crippen molar-refractivity contribution < 1.29 is 9.47 Å². The zero-order valence-corrected chi connectivity index (χ0v) is 13.4. The Morgan fingerprint density at radius 3 is 2.91 bits per heavy atom. The molecule has 4 rings (SSSR count). The van der Waals surface area contributed by atoms with Crippen LogP contribution in [0.25, 0.3) is 5.57 Å². The Bertz CT molecular complexity index is 660. The van der Waals surface area contributed by atoms with E-state index in [1.165, 1.54) is 12.8 Å². The summed E-state index contributed by atoms with van der Waals surface area (Å²) in [5.74, 6) is 2.22. The standard InChI is InChI=1S/C18H23N3O2/c1-22-17-7-6-15-18(21-17)14-9-13(23-16(14)10-20-15)8-11-2-4-12(19)5-3-11/h6-7,9-13,20H,2-5,8,19H2,1H3/t11-,12-,13?. The first-order valence-corrected chi connectivity index (χ1v) is 8.39. The lowest BCUT2D eigenvalue weighted by Crippen LogP contribution is -2.27. The Morgan fingerprint density at radius 1 is 1.30 bits per heavy atom. The number of hydrogen-bond acceptors (Lipinski definition) is 5. The van der Waals surface area contributed by atoms with Crippen molar-refractivity contribution in [1.82, 2.24) is 4.98 Å². The molecule has 3 N–H and O–H groups in total. The smallest absolute Gasteiger partial charge is 0.213 e. The number of methoxy groups -OCH3 is 1. The summed E-state index contributed by atoms with van der Waals surface area (Å²) < 4.78 is 11.4. The molecule has 0 radical (unpaired) electrons. The summed E-state index contributed by atoms with van der Waals surface area (Å²) in [6.07, 6.45) is 10.0. The first-order chi connectivity index (χ1) is 11.2. The monoisotopic (exact) mass is 313 g/mol. The molecule has 1 aromatic heterocycles. The molecule has 2 aliphatic heterocycles. The van der Waals surface area contributed by atoms with E-state index in [9.17, 15) is 0 Å². The Morgan fingerprint density at radius 2 is 2.13 bits per heavy atom. The number of ether oxygens (including phenoxy) is 2. The second-order valence-electron chi connectivity index (χ2n) is 6.66. The topological polar surface area (TPSA) is 69.4 Å². The Hall–Kier alpha value is -2.01. The van der Waals surface area contributed by atoms with Gasteiger partial charge in [0, 0.05) is 23.9 Å². The van der Waals surface area contributed by atoms with Gasteiger partial charge in [-0.1, -0.05) is 0 Å². The molecule has 3 heterocycles. The molecule has 0 aromatic carbocycles. The van der Waals surface area contributed by atoms with E-state index in [0.29, 0.717) is 17.8 Å². The number of rotatable bonds is 3. The van der Waals surface area contributed by atoms with Crippen LogP contribution < -0.4 is 15.8 Å². The van der Waals surface area contributed by atoms with Crippen molar-refractivity contribution in [2.45, 2.75) is 44.2 Å². The summed E-state index contributed by atoms with van der Waals surface area (Å²) in [6.45, 7) is 0. The second kappa shape index (κ2) is 5.89. The van der Waals surface area contributed by atoms with Crippen molar-refractivity contribution in [2.24, 2.45) is 11.7 Å². The van der Waals surface area contributed by atoms with Crippen molar-refractivity contribution >= 4 is 11.3 Å². The van der Waals surface area contributed by atoms with E-state index in [1.807, 2.05) is 18.3 Å². The number of nitrogens with zero attached hydrogens (tertiary/aromatic N) is 1. The van der Waals surface area contributed by atoms with E-state index < -0.39 is 0 Å². The molecule has 122 valence electrons. The molecular weight excluding hydrogens is 290 g/mol. The fraction of sp³-hybridized carbons (Fsp3) is 0.500. The molecule has 1 saturated carbocycles. The van der Waals surface area contributed by atoms with Crippen LogP contribution in [0.1, 0.15) is 37.8 Å². The van der Waals surface area contributed by atoms with E-state index >= 15 is 0 Å². The second-order valence-corrected chi connectivity index (χ2v) is 6.66. The van der Waals surface area contributed by atoms with Crippen molar-refractivity contribution in [2.75, 3.05) is 12.4 Å². The molecule has 0 amide bonds. The Kier molecular flexibility index (Phi) is 3.73. The van der Waals surface area contributed by atoms with Gasteiger partial charge in [-0.2, -0.15) is 0 Å². The number of hydrogen-bond donors (Lipinski definition) is 2. The fourth-order valence-corrected chi connectivity index (χ4v) is 3.72. The van der Waals surface area contributed by atoms with Crippen LogP contribution in [0.2, 0.25) is 0 Å². The molecular formula is C18H23N3O2. The highest BCUT2D eigenvalue weighted by Gasteiger charge is 2.31. The van der Waals surface area contributed by atoms with Crippen LogP contribution in [0.4, 0.5) is 5.69 Å². The van der Waals surface area contributed by atoms with Gasteiger partial charge in [0.05, 0.1) is 12.8 Å². The minimum atomic E-state index is 0.135. The van der Waals surface area contributed by atoms with Crippen molar-refractivity contribution in [3.8, 4) is 5.88 Å². The largest absolute Gasteiger partial charge is 0.484 e. The van der Waals surface area contributed by atoms with Gasteiger partial charge in [-0.25, -0.2) is 4.98 Å². The predicted molar refractivity (Wildman–Crippen MR) is 89.9 cm³/mol. The fourth-order valence-electron chi connectivity index (χ4n) is 3.72. The summed E-state index contributed by atoms with van der Waals surface area (Å²) >= 11 is 0. The summed E-state index contributed by atoms with van der Waals surface area (Å²) in [5, 5.41) is 3.25. The number of pyridine rings is 1. The molecule has 1 atom stereocenters. The zero-order chi connectivity index (χ0) is 15.8. The SMILES string of the molecule is COc1ccc2c(n1)C1=CC(C[C@H]3CC[C@H](N)CC3)OC1=CN2. The maximum atomic E-state index is 6.12. The zero-order valence-electron chi connectivity index (χ0n) is 13.4. The van der Waals surface area contributed by atoms with E-state index in [-0.39, 0.29) is 6.10 Å². The first-order valence-electron chi connectivity index (χ1n) is 8.39. The van der Waals surface area contributed by atoms with E-state index in [4.69, 9.17) is 15.2 Å². The molecule has 23 heavy (non-hydrogen) atoms. The first kappa shape index (κ1) is 14.6. The van der Waals surface area contributed by atoms with Gasteiger partial charge >= 0.3 is 0 Å². The number of nitrogens with two attached hydrogens (primary N) is 1. The minimum Gasteiger partial charge on any atom is -0.484 e. The number of nitrogens with one attached hydrogen (secondary N) is 1. The van der Waals surface area contributed by atoms with Crippen molar-refractivity contribution in [3.05, 3.63) is 35.9 Å². The van der Waals surface area contributed by atoms with Gasteiger partial charge in [0.1, 0.15) is 17.6 Å². The summed E-state index contributed by atoms with van der Waals surface area (Å²) in [6, 6.07) is 4.25. The van der Waals surface area contributed by atoms with Gasteiger partial charge in [0.25, 0.3) is 0 Å². The molecule has 0 saturated heterocycles. The van der Waals surface area contributed by atoms with Crippen molar-refractivity contribution in [1.29, 1.82) is 0 Å². The molecule has 3 aliphatic rings. The highest BCUT2D eigenvalue weighted by atomic mass is 16.5. The quantitative estimate of drug-likeness (QED) is 0.897. The average Bonchev–Trinajstić information content (AvgIpc) is 2.99. The van der Waals surface area contributed by atoms with Gasteiger partial charge in [-0.3, -0.25) is 0 Å². The normalized spacial score (nSPS) is 28.7. The third kappa shape index (κ3) is 2.81. The van der Waals surface area contributed by atoms with Crippen LogP contribution in [-0.4, -0.2) is 24.2 Å². The summed E-state index contributed by atoms with van der Waals surface area (Å²) in [7, 11) is 1.64. The number of aromatic nitrogens is 1. The summed E-state index contributed by atoms with van der Waals surface area (Å²) in [5.41, 5.74) is 8.99. The van der Waals surface area contributed by atoms with Crippen LogP contribution in [0.15, 0.2) is 30.2 Å².